The first-order valence-electron chi connectivity index (χ1n) is 20.1. The summed E-state index contributed by atoms with van der Waals surface area (Å²) in [4.78, 5) is 39.0. The number of carbonyl (C=O) groups excluding carboxylic acids is 2. The van der Waals surface area contributed by atoms with Crippen LogP contribution < -0.4 is 5.32 Å². The Hall–Kier alpha value is -3.49. The molecule has 8 atom stereocenters. The summed E-state index contributed by atoms with van der Waals surface area (Å²) in [5, 5.41) is 22.1. The van der Waals surface area contributed by atoms with Crippen LogP contribution >= 0.6 is 0 Å². The second-order valence-electron chi connectivity index (χ2n) is 19.7. The molecule has 0 amide bonds. The molecule has 1 aromatic carbocycles. The number of hydrogen-bond donors (Lipinski definition) is 2. The highest BCUT2D eigenvalue weighted by Crippen LogP contribution is 2.76. The van der Waals surface area contributed by atoms with E-state index in [0.717, 1.165) is 62.5 Å². The normalized spacial score (nSPS) is 36.3. The van der Waals surface area contributed by atoms with Crippen LogP contribution in [0.2, 0.25) is 0 Å². The molecule has 9 heteroatoms. The molecule has 0 radical (unpaired) electrons. The molecule has 0 saturated heterocycles. The number of nitrogens with zero attached hydrogens (tertiary/aromatic N) is 2. The second kappa shape index (κ2) is 12.8. The van der Waals surface area contributed by atoms with E-state index < -0.39 is 22.8 Å². The Bertz CT molecular complexity index is 1810. The number of fused-ring (bicyclic) bond motifs is 7. The number of ketones is 1. The summed E-state index contributed by atoms with van der Waals surface area (Å²) in [5.41, 5.74) is 1.54. The van der Waals surface area contributed by atoms with Crippen LogP contribution in [0, 0.1) is 50.7 Å². The monoisotopic (exact) mass is 727 g/mol. The first-order chi connectivity index (χ1) is 24.8. The average molecular weight is 728 g/mol. The summed E-state index contributed by atoms with van der Waals surface area (Å²) in [5.74, 6) is 0.626. The first kappa shape index (κ1) is 37.8. The van der Waals surface area contributed by atoms with Crippen molar-refractivity contribution in [1.29, 1.82) is 0 Å². The molecule has 5 aliphatic carbocycles. The molecular formula is C44H61N3O6. The standard InChI is InChI=1S/C44H61N3O6/c1-26(2)34-29(48)23-44(36-46-47-38(53-36)45-25-27-13-11-10-12-14-27)22-21-42(8)28(35(34)44)15-16-31-41(7)19-18-32(52-33(49)24-39(3,4)37(50)51)40(5,6)30(41)17-20-43(31,42)9/h10-14,26,28,30-32H,15-25H2,1-9H3,(H,45,47)(H,50,51)/t28-,30+,31-,32+,41+,42-,43?,44-/m1/s1. The van der Waals surface area contributed by atoms with Gasteiger partial charge in [0.25, 0.3) is 0 Å². The number of carboxylic acid groups (broad SMARTS) is 1. The van der Waals surface area contributed by atoms with Crippen LogP contribution in [0.4, 0.5) is 6.01 Å². The molecule has 5 aliphatic rings. The fraction of sp³-hybridized carbons (Fsp3) is 0.705. The number of allylic oxidation sites excluding steroid dienone is 2. The summed E-state index contributed by atoms with van der Waals surface area (Å²) in [7, 11) is 0. The quantitative estimate of drug-likeness (QED) is 0.243. The summed E-state index contributed by atoms with van der Waals surface area (Å²) in [6.45, 7) is 20.2. The maximum atomic E-state index is 14.1. The molecule has 1 heterocycles. The van der Waals surface area contributed by atoms with Gasteiger partial charge in [-0.05, 0) is 122 Å². The number of carbonyl (C=O) groups is 3. The number of esters is 1. The van der Waals surface area contributed by atoms with Crippen molar-refractivity contribution in [3.63, 3.8) is 0 Å². The van der Waals surface area contributed by atoms with Crippen molar-refractivity contribution in [3.8, 4) is 0 Å². The number of ether oxygens (including phenoxy) is 1. The van der Waals surface area contributed by atoms with E-state index in [1.54, 1.807) is 13.8 Å². The van der Waals surface area contributed by atoms with Crippen LogP contribution in [0.15, 0.2) is 45.9 Å². The Kier molecular flexibility index (Phi) is 9.13. The van der Waals surface area contributed by atoms with Crippen molar-refractivity contribution in [2.75, 3.05) is 5.32 Å². The molecule has 0 bridgehead atoms. The summed E-state index contributed by atoms with van der Waals surface area (Å²) < 4.78 is 12.6. The third-order valence-electron chi connectivity index (χ3n) is 15.9. The molecule has 2 N–H and O–H groups in total. The third-order valence-corrected chi connectivity index (χ3v) is 15.9. The molecule has 7 rings (SSSR count). The first-order valence-corrected chi connectivity index (χ1v) is 20.1. The number of aliphatic carboxylic acids is 1. The van der Waals surface area contributed by atoms with Gasteiger partial charge < -0.3 is 19.6 Å². The smallest absolute Gasteiger partial charge is 0.315 e. The van der Waals surface area contributed by atoms with Gasteiger partial charge in [0.05, 0.1) is 17.3 Å². The van der Waals surface area contributed by atoms with E-state index in [-0.39, 0.29) is 51.8 Å². The minimum Gasteiger partial charge on any atom is -0.481 e. The highest BCUT2D eigenvalue weighted by Gasteiger charge is 2.71. The lowest BCUT2D eigenvalue weighted by molar-refractivity contribution is -0.232. The van der Waals surface area contributed by atoms with Crippen molar-refractivity contribution in [3.05, 3.63) is 52.9 Å². The zero-order valence-corrected chi connectivity index (χ0v) is 33.4. The largest absolute Gasteiger partial charge is 0.481 e. The van der Waals surface area contributed by atoms with Gasteiger partial charge in [-0.2, -0.15) is 0 Å². The van der Waals surface area contributed by atoms with Crippen molar-refractivity contribution in [1.82, 2.24) is 10.2 Å². The number of carboxylic acids is 1. The van der Waals surface area contributed by atoms with Crippen LogP contribution in [0.5, 0.6) is 0 Å². The molecule has 4 saturated carbocycles. The van der Waals surface area contributed by atoms with E-state index in [2.05, 4.69) is 76.1 Å². The van der Waals surface area contributed by atoms with Gasteiger partial charge >= 0.3 is 18.0 Å². The zero-order valence-electron chi connectivity index (χ0n) is 33.4. The van der Waals surface area contributed by atoms with E-state index in [9.17, 15) is 19.5 Å². The molecule has 0 aliphatic heterocycles. The number of anilines is 1. The van der Waals surface area contributed by atoms with E-state index in [1.807, 2.05) is 18.2 Å². The van der Waals surface area contributed by atoms with Crippen LogP contribution in [-0.4, -0.2) is 39.1 Å². The SMILES string of the molecule is CC(C)C1=C2[C@H]3CC[C@H]4C(C)(CC[C@H]5C(C)(C)[C@@H](OC(=O)CC(C)(C)C(=O)O)CC[C@@]54C)[C@]3(C)CC[C@@]2(c2nnc(NCc3ccccc3)o2)CC1=O. The van der Waals surface area contributed by atoms with Gasteiger partial charge in [0.2, 0.25) is 5.89 Å². The maximum Gasteiger partial charge on any atom is 0.315 e. The molecular weight excluding hydrogens is 666 g/mol. The number of aromatic nitrogens is 2. The highest BCUT2D eigenvalue weighted by molar-refractivity contribution is 6.01. The van der Waals surface area contributed by atoms with Gasteiger partial charge in [0, 0.05) is 18.4 Å². The van der Waals surface area contributed by atoms with Crippen LogP contribution in [0.1, 0.15) is 138 Å². The Morgan fingerprint density at radius 3 is 2.34 bits per heavy atom. The molecule has 9 nitrogen and oxygen atoms in total. The summed E-state index contributed by atoms with van der Waals surface area (Å²) >= 11 is 0. The van der Waals surface area contributed by atoms with Crippen LogP contribution in [0.3, 0.4) is 0 Å². The number of rotatable bonds is 9. The van der Waals surface area contributed by atoms with Gasteiger partial charge in [0.1, 0.15) is 6.10 Å². The van der Waals surface area contributed by atoms with Gasteiger partial charge in [-0.25, -0.2) is 0 Å². The van der Waals surface area contributed by atoms with Crippen molar-refractivity contribution in [2.24, 2.45) is 50.7 Å². The molecule has 1 unspecified atom stereocenters. The Morgan fingerprint density at radius 1 is 0.943 bits per heavy atom. The topological polar surface area (TPSA) is 132 Å². The predicted molar refractivity (Wildman–Crippen MR) is 203 cm³/mol. The van der Waals surface area contributed by atoms with Gasteiger partial charge in [0.15, 0.2) is 5.78 Å². The lowest BCUT2D eigenvalue weighted by Gasteiger charge is -2.72. The molecule has 0 spiro atoms. The minimum atomic E-state index is -1.16. The fourth-order valence-corrected chi connectivity index (χ4v) is 13.0. The second-order valence-corrected chi connectivity index (χ2v) is 19.7. The molecule has 2 aromatic rings. The lowest BCUT2D eigenvalue weighted by atomic mass is 9.33. The van der Waals surface area contributed by atoms with E-state index in [4.69, 9.17) is 9.15 Å². The lowest BCUT2D eigenvalue weighted by Crippen LogP contribution is -2.66. The molecule has 53 heavy (non-hydrogen) atoms. The van der Waals surface area contributed by atoms with Crippen LogP contribution in [0.25, 0.3) is 0 Å². The summed E-state index contributed by atoms with van der Waals surface area (Å²) in [6, 6.07) is 10.6. The predicted octanol–water partition coefficient (Wildman–Crippen LogP) is 9.33. The molecule has 1 aromatic heterocycles. The van der Waals surface area contributed by atoms with Crippen molar-refractivity contribution >= 4 is 23.7 Å². The molecule has 288 valence electrons. The number of hydrogen-bond acceptors (Lipinski definition) is 8. The van der Waals surface area contributed by atoms with Crippen LogP contribution in [-0.2, 0) is 31.1 Å². The zero-order chi connectivity index (χ0) is 38.4. The number of Topliss-reactive ketones (excluding diaryl/α,β-unsaturated/α-hetero) is 1. The van der Waals surface area contributed by atoms with E-state index >= 15 is 0 Å². The molecule has 4 fully saturated rings. The maximum absolute atomic E-state index is 14.1. The Morgan fingerprint density at radius 2 is 1.66 bits per heavy atom. The number of nitrogens with one attached hydrogen (secondary N) is 1. The Labute approximate surface area is 315 Å². The summed E-state index contributed by atoms with van der Waals surface area (Å²) in [6.07, 6.45) is 7.84. The van der Waals surface area contributed by atoms with Crippen molar-refractivity contribution in [2.45, 2.75) is 145 Å². The van der Waals surface area contributed by atoms with E-state index in [0.29, 0.717) is 36.7 Å². The third kappa shape index (κ3) is 5.71. The highest BCUT2D eigenvalue weighted by atomic mass is 16.5. The van der Waals surface area contributed by atoms with Gasteiger partial charge in [-0.3, -0.25) is 14.4 Å². The number of benzene rings is 1. The van der Waals surface area contributed by atoms with Crippen molar-refractivity contribution < 1.29 is 28.6 Å². The fourth-order valence-electron chi connectivity index (χ4n) is 13.0. The minimum absolute atomic E-state index is 0.0161. The Balaban J connectivity index is 1.17. The van der Waals surface area contributed by atoms with Gasteiger partial charge in [-0.15, -0.1) is 5.10 Å². The van der Waals surface area contributed by atoms with E-state index in [1.165, 1.54) is 5.57 Å². The van der Waals surface area contributed by atoms with Gasteiger partial charge in [-0.1, -0.05) is 83.9 Å². The average Bonchev–Trinajstić information content (AvgIpc) is 3.68.